The fourth-order valence-corrected chi connectivity index (χ4v) is 4.95. The lowest BCUT2D eigenvalue weighted by molar-refractivity contribution is -0.182. The summed E-state index contributed by atoms with van der Waals surface area (Å²) < 4.78 is 24.8. The molecule has 35 heavy (non-hydrogen) atoms. The van der Waals surface area contributed by atoms with Crippen LogP contribution in [-0.4, -0.2) is 60.9 Å². The molecule has 5 nitrogen and oxygen atoms in total. The van der Waals surface area contributed by atoms with Crippen LogP contribution in [0.15, 0.2) is 48.5 Å². The van der Waals surface area contributed by atoms with Gasteiger partial charge in [-0.25, -0.2) is 4.39 Å². The number of carbonyl (C=O) groups is 1. The predicted molar refractivity (Wildman–Crippen MR) is 136 cm³/mol. The average molecular weight is 483 g/mol. The van der Waals surface area contributed by atoms with Crippen LogP contribution in [0.3, 0.4) is 0 Å². The largest absolute Gasteiger partial charge is 0.353 e. The molecule has 0 atom stereocenters. The van der Waals surface area contributed by atoms with E-state index in [9.17, 15) is 9.18 Å². The van der Waals surface area contributed by atoms with E-state index in [4.69, 9.17) is 9.47 Å². The van der Waals surface area contributed by atoms with Gasteiger partial charge in [0.15, 0.2) is 6.29 Å². The highest BCUT2D eigenvalue weighted by Crippen LogP contribution is 2.22. The van der Waals surface area contributed by atoms with Crippen molar-refractivity contribution in [3.05, 3.63) is 71.0 Å². The molecule has 2 aliphatic heterocycles. The number of carbonyl (C=O) groups excluding carboxylic acids is 1. The maximum absolute atomic E-state index is 13.5. The van der Waals surface area contributed by atoms with Gasteiger partial charge in [0, 0.05) is 38.6 Å². The Morgan fingerprint density at radius 2 is 1.63 bits per heavy atom. The van der Waals surface area contributed by atoms with Crippen LogP contribution in [0, 0.1) is 5.82 Å². The topological polar surface area (TPSA) is 42.0 Å². The van der Waals surface area contributed by atoms with E-state index in [0.29, 0.717) is 18.9 Å². The van der Waals surface area contributed by atoms with Gasteiger partial charge >= 0.3 is 0 Å². The standard InChI is InChI=1S/C29H39FN2O3/c1-22(2)25-8-4-23(5-9-25)20-28(33)32(21-24-6-10-26(30)11-7-24)27-12-15-31(16-13-27)17-14-29-34-18-3-19-35-29/h4-11,22,27,29H,3,12-21H2,1-2H3. The Labute approximate surface area is 209 Å². The van der Waals surface area contributed by atoms with Crippen LogP contribution in [0.5, 0.6) is 0 Å². The number of halogens is 1. The molecule has 2 aromatic rings. The minimum atomic E-state index is -0.254. The third-order valence-electron chi connectivity index (χ3n) is 7.16. The maximum atomic E-state index is 13.5. The summed E-state index contributed by atoms with van der Waals surface area (Å²) in [7, 11) is 0. The van der Waals surface area contributed by atoms with Crippen LogP contribution >= 0.6 is 0 Å². The zero-order valence-corrected chi connectivity index (χ0v) is 21.1. The third-order valence-corrected chi connectivity index (χ3v) is 7.16. The van der Waals surface area contributed by atoms with E-state index in [-0.39, 0.29) is 24.1 Å². The molecule has 2 aliphatic rings. The van der Waals surface area contributed by atoms with E-state index < -0.39 is 0 Å². The van der Waals surface area contributed by atoms with Crippen molar-refractivity contribution in [2.75, 3.05) is 32.8 Å². The highest BCUT2D eigenvalue weighted by Gasteiger charge is 2.28. The third kappa shape index (κ3) is 7.60. The molecule has 2 saturated heterocycles. The summed E-state index contributed by atoms with van der Waals surface area (Å²) in [6.45, 7) is 9.28. The van der Waals surface area contributed by atoms with Crippen LogP contribution < -0.4 is 0 Å². The normalized spacial score (nSPS) is 18.2. The second kappa shape index (κ2) is 12.6. The van der Waals surface area contributed by atoms with Crippen molar-refractivity contribution in [3.63, 3.8) is 0 Å². The molecular weight excluding hydrogens is 443 g/mol. The number of rotatable bonds is 9. The van der Waals surface area contributed by atoms with Crippen molar-refractivity contribution >= 4 is 5.91 Å². The first-order valence-electron chi connectivity index (χ1n) is 13.1. The van der Waals surface area contributed by atoms with Gasteiger partial charge < -0.3 is 19.3 Å². The quantitative estimate of drug-likeness (QED) is 0.497. The number of ether oxygens (including phenoxy) is 2. The molecule has 0 unspecified atom stereocenters. The first-order chi connectivity index (χ1) is 17.0. The molecule has 0 spiro atoms. The Balaban J connectivity index is 1.37. The van der Waals surface area contributed by atoms with Gasteiger partial charge in [-0.15, -0.1) is 0 Å². The van der Waals surface area contributed by atoms with E-state index >= 15 is 0 Å². The number of piperidine rings is 1. The molecule has 0 saturated carbocycles. The van der Waals surface area contributed by atoms with E-state index in [1.807, 2.05) is 4.90 Å². The van der Waals surface area contributed by atoms with Gasteiger partial charge in [0.25, 0.3) is 0 Å². The van der Waals surface area contributed by atoms with Crippen molar-refractivity contribution < 1.29 is 18.7 Å². The van der Waals surface area contributed by atoms with Gasteiger partial charge in [0.2, 0.25) is 5.91 Å². The maximum Gasteiger partial charge on any atom is 0.227 e. The summed E-state index contributed by atoms with van der Waals surface area (Å²) in [4.78, 5) is 18.0. The lowest BCUT2D eigenvalue weighted by atomic mass is 9.99. The zero-order chi connectivity index (χ0) is 24.6. The molecular formula is C29H39FN2O3. The van der Waals surface area contributed by atoms with Crippen LogP contribution in [0.25, 0.3) is 0 Å². The zero-order valence-electron chi connectivity index (χ0n) is 21.1. The van der Waals surface area contributed by atoms with Crippen LogP contribution in [-0.2, 0) is 27.2 Å². The first kappa shape index (κ1) is 25.8. The number of hydrogen-bond donors (Lipinski definition) is 0. The predicted octanol–water partition coefficient (Wildman–Crippen LogP) is 5.14. The van der Waals surface area contributed by atoms with E-state index in [1.165, 1.54) is 17.7 Å². The Bertz CT molecular complexity index is 918. The van der Waals surface area contributed by atoms with Crippen molar-refractivity contribution in [1.29, 1.82) is 0 Å². The van der Waals surface area contributed by atoms with Crippen molar-refractivity contribution in [2.45, 2.75) is 70.7 Å². The van der Waals surface area contributed by atoms with Gasteiger partial charge in [0.05, 0.1) is 19.6 Å². The molecule has 1 amide bonds. The monoisotopic (exact) mass is 482 g/mol. The fraction of sp³-hybridized carbons (Fsp3) is 0.552. The van der Waals surface area contributed by atoms with Crippen molar-refractivity contribution in [3.8, 4) is 0 Å². The molecule has 190 valence electrons. The Morgan fingerprint density at radius 1 is 1.00 bits per heavy atom. The van der Waals surface area contributed by atoms with E-state index in [1.54, 1.807) is 12.1 Å². The summed E-state index contributed by atoms with van der Waals surface area (Å²) >= 11 is 0. The Kier molecular flexibility index (Phi) is 9.30. The molecule has 4 rings (SSSR count). The summed E-state index contributed by atoms with van der Waals surface area (Å²) in [5.74, 6) is 0.348. The second-order valence-corrected chi connectivity index (χ2v) is 10.1. The van der Waals surface area contributed by atoms with Crippen LogP contribution in [0.1, 0.15) is 62.1 Å². The molecule has 0 bridgehead atoms. The highest BCUT2D eigenvalue weighted by atomic mass is 19.1. The SMILES string of the molecule is CC(C)c1ccc(CC(=O)N(Cc2ccc(F)cc2)C2CCN(CCC3OCCCO3)CC2)cc1. The van der Waals surface area contributed by atoms with Gasteiger partial charge in [-0.2, -0.15) is 0 Å². The Hall–Kier alpha value is -2.28. The lowest BCUT2D eigenvalue weighted by Gasteiger charge is -2.39. The minimum absolute atomic E-state index is 0.0832. The summed E-state index contributed by atoms with van der Waals surface area (Å²) in [6, 6.07) is 15.1. The van der Waals surface area contributed by atoms with Gasteiger partial charge in [-0.3, -0.25) is 4.79 Å². The van der Waals surface area contributed by atoms with E-state index in [2.05, 4.69) is 43.0 Å². The van der Waals surface area contributed by atoms with Crippen LogP contribution in [0.2, 0.25) is 0 Å². The molecule has 2 aromatic carbocycles. The van der Waals surface area contributed by atoms with Gasteiger partial charge in [-0.05, 0) is 54.0 Å². The summed E-state index contributed by atoms with van der Waals surface area (Å²) in [5.41, 5.74) is 3.28. The van der Waals surface area contributed by atoms with Crippen molar-refractivity contribution in [2.24, 2.45) is 0 Å². The molecule has 0 aromatic heterocycles. The molecule has 0 N–H and O–H groups in total. The Morgan fingerprint density at radius 3 is 2.26 bits per heavy atom. The molecule has 2 fully saturated rings. The number of benzene rings is 2. The summed E-state index contributed by atoms with van der Waals surface area (Å²) in [5, 5.41) is 0. The highest BCUT2D eigenvalue weighted by molar-refractivity contribution is 5.79. The lowest BCUT2D eigenvalue weighted by Crippen LogP contribution is -2.48. The molecule has 0 radical (unpaired) electrons. The smallest absolute Gasteiger partial charge is 0.227 e. The molecule has 6 heteroatoms. The van der Waals surface area contributed by atoms with E-state index in [0.717, 1.165) is 69.7 Å². The second-order valence-electron chi connectivity index (χ2n) is 10.1. The minimum Gasteiger partial charge on any atom is -0.353 e. The fourth-order valence-electron chi connectivity index (χ4n) is 4.95. The number of likely N-dealkylation sites (tertiary alicyclic amines) is 1. The average Bonchev–Trinajstić information content (AvgIpc) is 2.88. The van der Waals surface area contributed by atoms with Gasteiger partial charge in [0.1, 0.15) is 5.82 Å². The number of amides is 1. The van der Waals surface area contributed by atoms with Crippen LogP contribution in [0.4, 0.5) is 4.39 Å². The van der Waals surface area contributed by atoms with Gasteiger partial charge in [-0.1, -0.05) is 50.2 Å². The van der Waals surface area contributed by atoms with Crippen molar-refractivity contribution in [1.82, 2.24) is 9.80 Å². The summed E-state index contributed by atoms with van der Waals surface area (Å²) in [6.07, 6.45) is 4.03. The molecule has 0 aliphatic carbocycles. The number of hydrogen-bond acceptors (Lipinski definition) is 4. The number of nitrogens with zero attached hydrogens (tertiary/aromatic N) is 2. The molecule has 2 heterocycles. The first-order valence-corrected chi connectivity index (χ1v) is 13.1.